The third kappa shape index (κ3) is 2.90. The van der Waals surface area contributed by atoms with Crippen molar-refractivity contribution in [3.63, 3.8) is 0 Å². The number of guanidine groups is 2. The molecule has 0 spiro atoms. The minimum atomic E-state index is -0.776. The summed E-state index contributed by atoms with van der Waals surface area (Å²) in [6.45, 7) is 1.79. The first kappa shape index (κ1) is 12.9. The van der Waals surface area contributed by atoms with Crippen LogP contribution in [-0.4, -0.2) is 18.5 Å². The zero-order chi connectivity index (χ0) is 13.0. The molecular formula is C10H13F2N5. The summed E-state index contributed by atoms with van der Waals surface area (Å²) in [6.07, 6.45) is 0. The van der Waals surface area contributed by atoms with Gasteiger partial charge in [0.2, 0.25) is 5.96 Å². The summed E-state index contributed by atoms with van der Waals surface area (Å²) in [5, 5.41) is 7.55. The maximum atomic E-state index is 13.5. The number of rotatable bonds is 2. The highest BCUT2D eigenvalue weighted by atomic mass is 19.1. The van der Waals surface area contributed by atoms with Gasteiger partial charge in [-0.25, -0.2) is 8.78 Å². The van der Waals surface area contributed by atoms with Crippen molar-refractivity contribution in [2.45, 2.75) is 6.92 Å². The Morgan fingerprint density at radius 3 is 2.29 bits per heavy atom. The molecule has 0 radical (unpaired) electrons. The van der Waals surface area contributed by atoms with Gasteiger partial charge in [0.05, 0.1) is 0 Å². The topological polar surface area (TPSA) is 91.5 Å². The fourth-order valence-electron chi connectivity index (χ4n) is 1.34. The van der Waals surface area contributed by atoms with Gasteiger partial charge in [0, 0.05) is 6.54 Å². The van der Waals surface area contributed by atoms with E-state index in [0.717, 1.165) is 17.0 Å². The first-order valence-electron chi connectivity index (χ1n) is 4.87. The molecule has 7 heteroatoms. The second-order valence-electron chi connectivity index (χ2n) is 3.17. The molecule has 0 saturated carbocycles. The number of benzene rings is 1. The zero-order valence-corrected chi connectivity index (χ0v) is 9.24. The van der Waals surface area contributed by atoms with E-state index in [-0.39, 0.29) is 18.2 Å². The number of nitrogens with two attached hydrogens (primary N) is 2. The number of aliphatic imine (C=N–C) groups is 1. The van der Waals surface area contributed by atoms with Crippen molar-refractivity contribution in [3.05, 3.63) is 29.8 Å². The smallest absolute Gasteiger partial charge is 0.225 e. The first-order valence-corrected chi connectivity index (χ1v) is 4.87. The number of nitrogens with one attached hydrogen (secondary N) is 1. The van der Waals surface area contributed by atoms with E-state index < -0.39 is 17.6 Å². The normalized spacial score (nSPS) is 9.82. The van der Waals surface area contributed by atoms with Crippen molar-refractivity contribution in [2.75, 3.05) is 11.4 Å². The molecule has 0 aliphatic heterocycles. The zero-order valence-electron chi connectivity index (χ0n) is 9.24. The summed E-state index contributed by atoms with van der Waals surface area (Å²) in [5.74, 6) is -2.31. The van der Waals surface area contributed by atoms with E-state index in [4.69, 9.17) is 16.9 Å². The minimum absolute atomic E-state index is 0.160. The van der Waals surface area contributed by atoms with Gasteiger partial charge in [0.15, 0.2) is 5.96 Å². The van der Waals surface area contributed by atoms with Crippen LogP contribution in [0, 0.1) is 17.0 Å². The monoisotopic (exact) mass is 241 g/mol. The molecule has 0 aliphatic rings. The highest BCUT2D eigenvalue weighted by Crippen LogP contribution is 2.23. The van der Waals surface area contributed by atoms with Crippen LogP contribution in [0.2, 0.25) is 0 Å². The lowest BCUT2D eigenvalue weighted by molar-refractivity contribution is 0.582. The van der Waals surface area contributed by atoms with Gasteiger partial charge in [-0.3, -0.25) is 5.41 Å². The molecule has 1 aromatic carbocycles. The highest BCUT2D eigenvalue weighted by Gasteiger charge is 2.18. The summed E-state index contributed by atoms with van der Waals surface area (Å²) in [6, 6.07) is 3.44. The molecule has 17 heavy (non-hydrogen) atoms. The fraction of sp³-hybridized carbons (Fsp3) is 0.200. The van der Waals surface area contributed by atoms with Crippen LogP contribution in [0.5, 0.6) is 0 Å². The molecule has 1 aromatic rings. The van der Waals surface area contributed by atoms with Crippen molar-refractivity contribution in [1.82, 2.24) is 0 Å². The van der Waals surface area contributed by atoms with E-state index in [9.17, 15) is 8.78 Å². The Hall–Kier alpha value is -2.18. The predicted molar refractivity (Wildman–Crippen MR) is 62.9 cm³/mol. The number of hydrogen-bond acceptors (Lipinski definition) is 1. The quantitative estimate of drug-likeness (QED) is 0.532. The van der Waals surface area contributed by atoms with E-state index in [1.54, 1.807) is 6.92 Å². The van der Waals surface area contributed by atoms with E-state index in [2.05, 4.69) is 4.99 Å². The van der Waals surface area contributed by atoms with Crippen LogP contribution in [0.25, 0.3) is 0 Å². The number of para-hydroxylation sites is 1. The van der Waals surface area contributed by atoms with Crippen molar-refractivity contribution >= 4 is 17.6 Å². The van der Waals surface area contributed by atoms with Crippen molar-refractivity contribution in [3.8, 4) is 0 Å². The molecule has 5 nitrogen and oxygen atoms in total. The van der Waals surface area contributed by atoms with Gasteiger partial charge in [0.1, 0.15) is 17.3 Å². The minimum Gasteiger partial charge on any atom is -0.370 e. The maximum absolute atomic E-state index is 13.5. The van der Waals surface area contributed by atoms with Gasteiger partial charge in [-0.15, -0.1) is 0 Å². The lowest BCUT2D eigenvalue weighted by atomic mass is 10.2. The van der Waals surface area contributed by atoms with Crippen LogP contribution < -0.4 is 16.4 Å². The number of hydrogen-bond donors (Lipinski definition) is 3. The van der Waals surface area contributed by atoms with E-state index in [1.165, 1.54) is 6.07 Å². The van der Waals surface area contributed by atoms with Gasteiger partial charge in [-0.1, -0.05) is 6.07 Å². The summed E-state index contributed by atoms with van der Waals surface area (Å²) in [5.41, 5.74) is 9.88. The van der Waals surface area contributed by atoms with Crippen LogP contribution in [0.4, 0.5) is 14.5 Å². The Balaban J connectivity index is 3.19. The van der Waals surface area contributed by atoms with Crippen molar-refractivity contribution < 1.29 is 8.78 Å². The highest BCUT2D eigenvalue weighted by molar-refractivity contribution is 6.01. The van der Waals surface area contributed by atoms with Crippen LogP contribution in [0.15, 0.2) is 23.2 Å². The van der Waals surface area contributed by atoms with Crippen LogP contribution >= 0.6 is 0 Å². The summed E-state index contributed by atoms with van der Waals surface area (Å²) in [4.78, 5) is 4.49. The van der Waals surface area contributed by atoms with Crippen LogP contribution in [0.1, 0.15) is 6.92 Å². The molecule has 0 amide bonds. The summed E-state index contributed by atoms with van der Waals surface area (Å²) < 4.78 is 27.0. The second kappa shape index (κ2) is 5.24. The third-order valence-electron chi connectivity index (χ3n) is 2.01. The standard InChI is InChI=1S/C10H13F2N5/c1-2-17(10(15)16-9(13)14)8-6(11)4-3-5-7(8)12/h3-5H,2H2,1H3,(H5,13,14,15,16). The fourth-order valence-corrected chi connectivity index (χ4v) is 1.34. The van der Waals surface area contributed by atoms with Gasteiger partial charge in [-0.05, 0) is 19.1 Å². The molecular weight excluding hydrogens is 228 g/mol. The van der Waals surface area contributed by atoms with Crippen LogP contribution in [-0.2, 0) is 0 Å². The number of anilines is 1. The predicted octanol–water partition coefficient (Wildman–Crippen LogP) is 0.999. The summed E-state index contributed by atoms with van der Waals surface area (Å²) >= 11 is 0. The third-order valence-corrected chi connectivity index (χ3v) is 2.01. The molecule has 1 rings (SSSR count). The van der Waals surface area contributed by atoms with Gasteiger partial charge in [-0.2, -0.15) is 4.99 Å². The van der Waals surface area contributed by atoms with Gasteiger partial charge >= 0.3 is 0 Å². The largest absolute Gasteiger partial charge is 0.370 e. The first-order chi connectivity index (χ1) is 7.97. The molecule has 0 unspecified atom stereocenters. The molecule has 92 valence electrons. The Morgan fingerprint density at radius 2 is 1.88 bits per heavy atom. The van der Waals surface area contributed by atoms with E-state index in [1.807, 2.05) is 0 Å². The molecule has 0 heterocycles. The molecule has 0 atom stereocenters. The second-order valence-corrected chi connectivity index (χ2v) is 3.17. The average Bonchev–Trinajstić information content (AvgIpc) is 2.22. The maximum Gasteiger partial charge on any atom is 0.225 e. The molecule has 0 aliphatic carbocycles. The van der Waals surface area contributed by atoms with Crippen molar-refractivity contribution in [2.24, 2.45) is 16.5 Å². The summed E-state index contributed by atoms with van der Waals surface area (Å²) in [7, 11) is 0. The van der Waals surface area contributed by atoms with E-state index >= 15 is 0 Å². The molecule has 0 saturated heterocycles. The molecule has 0 fully saturated rings. The average molecular weight is 241 g/mol. The molecule has 0 bridgehead atoms. The van der Waals surface area contributed by atoms with Crippen LogP contribution in [0.3, 0.4) is 0 Å². The van der Waals surface area contributed by atoms with Gasteiger partial charge < -0.3 is 16.4 Å². The number of halogens is 2. The lowest BCUT2D eigenvalue weighted by Gasteiger charge is -2.21. The van der Waals surface area contributed by atoms with Crippen molar-refractivity contribution in [1.29, 1.82) is 5.41 Å². The SMILES string of the molecule is CCN(C(=N)N=C(N)N)c1c(F)cccc1F. The molecule has 0 aromatic heterocycles. The Morgan fingerprint density at radius 1 is 1.35 bits per heavy atom. The lowest BCUT2D eigenvalue weighted by Crippen LogP contribution is -2.34. The Kier molecular flexibility index (Phi) is 3.97. The Labute approximate surface area is 97.2 Å². The molecule has 5 N–H and O–H groups in total. The number of nitrogens with zero attached hydrogens (tertiary/aromatic N) is 2. The Bertz CT molecular complexity index is 434. The van der Waals surface area contributed by atoms with E-state index in [0.29, 0.717) is 0 Å². The van der Waals surface area contributed by atoms with Gasteiger partial charge in [0.25, 0.3) is 0 Å².